The van der Waals surface area contributed by atoms with Crippen LogP contribution in [0, 0.1) is 0 Å². The summed E-state index contributed by atoms with van der Waals surface area (Å²) in [4.78, 5) is 12.2. The van der Waals surface area contributed by atoms with Crippen LogP contribution in [0.2, 0.25) is 0 Å². The summed E-state index contributed by atoms with van der Waals surface area (Å²) in [5.41, 5.74) is 2.23. The fourth-order valence-corrected chi connectivity index (χ4v) is 2.47. The van der Waals surface area contributed by atoms with E-state index >= 15 is 0 Å². The maximum Gasteiger partial charge on any atom is 0.218 e. The molecule has 0 aliphatic heterocycles. The molecular weight excluding hydrogens is 304 g/mol. The highest BCUT2D eigenvalue weighted by atomic mass is 16.7. The highest BCUT2D eigenvalue weighted by molar-refractivity contribution is 5.84. The van der Waals surface area contributed by atoms with E-state index in [0.29, 0.717) is 26.2 Å². The molecule has 1 aliphatic rings. The first-order valence-corrected chi connectivity index (χ1v) is 8.55. The Morgan fingerprint density at radius 3 is 2.42 bits per heavy atom. The highest BCUT2D eigenvalue weighted by Gasteiger charge is 2.18. The number of carbonyl (C=O) groups is 1. The van der Waals surface area contributed by atoms with E-state index < -0.39 is 6.29 Å². The number of hydrogen-bond acceptors (Lipinski definition) is 4. The zero-order chi connectivity index (χ0) is 17.2. The Morgan fingerprint density at radius 1 is 1.12 bits per heavy atom. The van der Waals surface area contributed by atoms with Gasteiger partial charge in [-0.2, -0.15) is 0 Å². The normalized spacial score (nSPS) is 13.9. The molecule has 0 N–H and O–H groups in total. The van der Waals surface area contributed by atoms with E-state index in [1.54, 1.807) is 0 Å². The molecule has 4 heteroatoms. The van der Waals surface area contributed by atoms with Crippen molar-refractivity contribution in [1.29, 1.82) is 0 Å². The molecule has 0 spiro atoms. The molecule has 0 bridgehead atoms. The third-order valence-electron chi connectivity index (χ3n) is 3.73. The molecule has 1 aromatic rings. The van der Waals surface area contributed by atoms with Gasteiger partial charge in [0, 0.05) is 19.6 Å². The van der Waals surface area contributed by atoms with Crippen LogP contribution in [0.4, 0.5) is 0 Å². The van der Waals surface area contributed by atoms with Gasteiger partial charge in [0.15, 0.2) is 5.78 Å². The van der Waals surface area contributed by atoms with Crippen LogP contribution in [0.25, 0.3) is 0 Å². The smallest absolute Gasteiger partial charge is 0.218 e. The Labute approximate surface area is 144 Å². The minimum absolute atomic E-state index is 0.0634. The molecule has 0 fully saturated rings. The highest BCUT2D eigenvalue weighted by Crippen LogP contribution is 2.17. The van der Waals surface area contributed by atoms with Gasteiger partial charge in [0.05, 0.1) is 0 Å². The Bertz CT molecular complexity index is 566. The van der Waals surface area contributed by atoms with E-state index in [0.717, 1.165) is 24.2 Å². The predicted molar refractivity (Wildman–Crippen MR) is 94.1 cm³/mol. The van der Waals surface area contributed by atoms with E-state index in [1.807, 2.05) is 38.1 Å². The number of allylic oxidation sites excluding steroid dienone is 3. The number of ketones is 1. The maximum absolute atomic E-state index is 12.2. The minimum Gasteiger partial charge on any atom is -0.489 e. The molecule has 0 heterocycles. The lowest BCUT2D eigenvalue weighted by atomic mass is 10.1. The topological polar surface area (TPSA) is 44.8 Å². The second-order valence-electron chi connectivity index (χ2n) is 5.61. The van der Waals surface area contributed by atoms with Crippen LogP contribution in [0.5, 0.6) is 5.75 Å². The number of carbonyl (C=O) groups excluding carboxylic acids is 1. The largest absolute Gasteiger partial charge is 0.489 e. The first-order chi connectivity index (χ1) is 11.7. The van der Waals surface area contributed by atoms with Crippen molar-refractivity contribution >= 4 is 5.78 Å². The first-order valence-electron chi connectivity index (χ1n) is 8.55. The summed E-state index contributed by atoms with van der Waals surface area (Å²) in [7, 11) is 0. The number of rotatable bonds is 10. The van der Waals surface area contributed by atoms with Crippen LogP contribution >= 0.6 is 0 Å². The number of benzene rings is 1. The SMILES string of the molecule is CCOC(OCC)C(=O)Cc1ccc(OCC2=CC=CCC2)cc1. The summed E-state index contributed by atoms with van der Waals surface area (Å²) in [6.45, 7) is 5.22. The molecule has 4 nitrogen and oxygen atoms in total. The van der Waals surface area contributed by atoms with Gasteiger partial charge in [0.1, 0.15) is 12.4 Å². The molecule has 0 unspecified atom stereocenters. The molecule has 0 atom stereocenters. The third kappa shape index (κ3) is 5.95. The molecule has 0 saturated heterocycles. The van der Waals surface area contributed by atoms with Crippen LogP contribution in [0.1, 0.15) is 32.3 Å². The summed E-state index contributed by atoms with van der Waals surface area (Å²) in [6.07, 6.45) is 7.99. The predicted octanol–water partition coefficient (Wildman–Crippen LogP) is 3.85. The Balaban J connectivity index is 1.85. The van der Waals surface area contributed by atoms with Crippen LogP contribution in [0.15, 0.2) is 48.1 Å². The standard InChI is InChI=1S/C20H26O4/c1-3-22-20(23-4-2)19(21)14-16-10-12-18(13-11-16)24-15-17-8-6-5-7-9-17/h5-6,8,10-13,20H,3-4,7,9,14-15H2,1-2H3. The number of ether oxygens (including phenoxy) is 3. The van der Waals surface area contributed by atoms with Crippen LogP contribution < -0.4 is 4.74 Å². The van der Waals surface area contributed by atoms with Gasteiger partial charge >= 0.3 is 0 Å². The summed E-state index contributed by atoms with van der Waals surface area (Å²) in [6, 6.07) is 7.63. The molecule has 0 amide bonds. The van der Waals surface area contributed by atoms with Crippen molar-refractivity contribution < 1.29 is 19.0 Å². The van der Waals surface area contributed by atoms with E-state index in [1.165, 1.54) is 5.57 Å². The second kappa shape index (κ2) is 10.1. The van der Waals surface area contributed by atoms with Crippen molar-refractivity contribution in [3.8, 4) is 5.75 Å². The van der Waals surface area contributed by atoms with E-state index in [9.17, 15) is 4.79 Å². The molecule has 0 aromatic heterocycles. The molecule has 130 valence electrons. The average molecular weight is 330 g/mol. The van der Waals surface area contributed by atoms with Gasteiger partial charge in [-0.25, -0.2) is 0 Å². The van der Waals surface area contributed by atoms with Crippen LogP contribution in [0.3, 0.4) is 0 Å². The molecule has 2 rings (SSSR count). The molecule has 1 aliphatic carbocycles. The maximum atomic E-state index is 12.2. The Kier molecular flexibility index (Phi) is 7.72. The third-order valence-corrected chi connectivity index (χ3v) is 3.73. The monoisotopic (exact) mass is 330 g/mol. The van der Waals surface area contributed by atoms with Gasteiger partial charge < -0.3 is 14.2 Å². The molecule has 0 saturated carbocycles. The van der Waals surface area contributed by atoms with E-state index in [4.69, 9.17) is 14.2 Å². The Hall–Kier alpha value is -1.91. The van der Waals surface area contributed by atoms with Crippen molar-refractivity contribution in [3.05, 3.63) is 53.6 Å². The zero-order valence-corrected chi connectivity index (χ0v) is 14.5. The summed E-state index contributed by atoms with van der Waals surface area (Å²) >= 11 is 0. The van der Waals surface area contributed by atoms with E-state index in [-0.39, 0.29) is 5.78 Å². The zero-order valence-electron chi connectivity index (χ0n) is 14.5. The molecule has 0 radical (unpaired) electrons. The van der Waals surface area contributed by atoms with Gasteiger partial charge in [-0.05, 0) is 50.0 Å². The summed E-state index contributed by atoms with van der Waals surface area (Å²) in [5, 5.41) is 0. The number of hydrogen-bond donors (Lipinski definition) is 0. The summed E-state index contributed by atoms with van der Waals surface area (Å²) < 4.78 is 16.5. The fraction of sp³-hybridized carbons (Fsp3) is 0.450. The quantitative estimate of drug-likeness (QED) is 0.611. The van der Waals surface area contributed by atoms with Crippen LogP contribution in [-0.2, 0) is 20.7 Å². The van der Waals surface area contributed by atoms with E-state index in [2.05, 4.69) is 18.2 Å². The lowest BCUT2D eigenvalue weighted by molar-refractivity contribution is -0.167. The van der Waals surface area contributed by atoms with Crippen molar-refractivity contribution in [2.45, 2.75) is 39.4 Å². The van der Waals surface area contributed by atoms with Crippen molar-refractivity contribution in [3.63, 3.8) is 0 Å². The first kappa shape index (κ1) is 18.4. The number of Topliss-reactive ketones (excluding diaryl/α,β-unsaturated/α-hetero) is 1. The molecule has 1 aromatic carbocycles. The molecular formula is C20H26O4. The molecule has 24 heavy (non-hydrogen) atoms. The van der Waals surface area contributed by atoms with Crippen molar-refractivity contribution in [2.75, 3.05) is 19.8 Å². The van der Waals surface area contributed by atoms with Gasteiger partial charge in [-0.3, -0.25) is 4.79 Å². The van der Waals surface area contributed by atoms with Crippen molar-refractivity contribution in [1.82, 2.24) is 0 Å². The fourth-order valence-electron chi connectivity index (χ4n) is 2.47. The minimum atomic E-state index is -0.776. The lowest BCUT2D eigenvalue weighted by Gasteiger charge is -2.15. The van der Waals surface area contributed by atoms with Crippen LogP contribution in [-0.4, -0.2) is 31.9 Å². The Morgan fingerprint density at radius 2 is 1.83 bits per heavy atom. The van der Waals surface area contributed by atoms with Crippen molar-refractivity contribution in [2.24, 2.45) is 0 Å². The van der Waals surface area contributed by atoms with Gasteiger partial charge in [-0.1, -0.05) is 30.4 Å². The van der Waals surface area contributed by atoms with Gasteiger partial charge in [0.25, 0.3) is 0 Å². The second-order valence-corrected chi connectivity index (χ2v) is 5.61. The lowest BCUT2D eigenvalue weighted by Crippen LogP contribution is -2.29. The van der Waals surface area contributed by atoms with Gasteiger partial charge in [-0.15, -0.1) is 0 Å². The summed E-state index contributed by atoms with van der Waals surface area (Å²) in [5.74, 6) is 0.749. The van der Waals surface area contributed by atoms with Gasteiger partial charge in [0.2, 0.25) is 6.29 Å². The average Bonchev–Trinajstić information content (AvgIpc) is 2.62.